The topological polar surface area (TPSA) is 44.1 Å². The van der Waals surface area contributed by atoms with Crippen LogP contribution in [0.3, 0.4) is 0 Å². The first-order valence-electron chi connectivity index (χ1n) is 7.16. The maximum Gasteiger partial charge on any atom is 0.359 e. The van der Waals surface area contributed by atoms with Gasteiger partial charge in [0.2, 0.25) is 0 Å². The minimum atomic E-state index is -0.323. The van der Waals surface area contributed by atoms with Gasteiger partial charge in [-0.1, -0.05) is 28.9 Å². The van der Waals surface area contributed by atoms with Gasteiger partial charge in [0, 0.05) is 15.7 Å². The van der Waals surface area contributed by atoms with Crippen LogP contribution in [0.15, 0.2) is 28.7 Å². The molecular formula is C16H17BrN2O2. The van der Waals surface area contributed by atoms with E-state index in [4.69, 9.17) is 4.74 Å². The molecule has 1 aliphatic rings. The SMILES string of the molecule is CCOC(=O)c1nn(-c2cccc(Br)c2)c2c1C(C)CC2. The van der Waals surface area contributed by atoms with E-state index < -0.39 is 0 Å². The normalized spacial score (nSPS) is 16.8. The molecule has 21 heavy (non-hydrogen) atoms. The zero-order valence-corrected chi connectivity index (χ0v) is 13.7. The average Bonchev–Trinajstić information content (AvgIpc) is 3.00. The Kier molecular flexibility index (Phi) is 3.85. The van der Waals surface area contributed by atoms with Crippen molar-refractivity contribution in [2.75, 3.05) is 6.61 Å². The fraction of sp³-hybridized carbons (Fsp3) is 0.375. The lowest BCUT2D eigenvalue weighted by Gasteiger charge is -2.05. The Morgan fingerprint density at radius 3 is 3.05 bits per heavy atom. The number of rotatable bonds is 3. The van der Waals surface area contributed by atoms with Gasteiger partial charge in [-0.25, -0.2) is 9.48 Å². The molecule has 0 N–H and O–H groups in total. The van der Waals surface area contributed by atoms with Crippen molar-refractivity contribution in [2.45, 2.75) is 32.6 Å². The zero-order chi connectivity index (χ0) is 15.0. The van der Waals surface area contributed by atoms with Crippen LogP contribution in [0.5, 0.6) is 0 Å². The number of benzene rings is 1. The fourth-order valence-electron chi connectivity index (χ4n) is 2.89. The van der Waals surface area contributed by atoms with Gasteiger partial charge < -0.3 is 4.74 Å². The average molecular weight is 349 g/mol. The molecular weight excluding hydrogens is 332 g/mol. The largest absolute Gasteiger partial charge is 0.461 e. The van der Waals surface area contributed by atoms with Crippen LogP contribution in [-0.4, -0.2) is 22.4 Å². The lowest BCUT2D eigenvalue weighted by atomic mass is 10.0. The van der Waals surface area contributed by atoms with Gasteiger partial charge in [-0.3, -0.25) is 0 Å². The first-order valence-corrected chi connectivity index (χ1v) is 7.96. The van der Waals surface area contributed by atoms with E-state index in [-0.39, 0.29) is 5.97 Å². The molecule has 2 aromatic rings. The van der Waals surface area contributed by atoms with Crippen molar-refractivity contribution in [3.8, 4) is 5.69 Å². The molecule has 0 radical (unpaired) electrons. The molecule has 1 aromatic carbocycles. The highest BCUT2D eigenvalue weighted by Crippen LogP contribution is 2.37. The first kappa shape index (κ1) is 14.3. The van der Waals surface area contributed by atoms with Crippen molar-refractivity contribution in [1.29, 1.82) is 0 Å². The standard InChI is InChI=1S/C16H17BrN2O2/c1-3-21-16(20)15-14-10(2)7-8-13(14)19(18-15)12-6-4-5-11(17)9-12/h4-6,9-10H,3,7-8H2,1-2H3. The number of fused-ring (bicyclic) bond motifs is 1. The van der Waals surface area contributed by atoms with Gasteiger partial charge in [0.15, 0.2) is 5.69 Å². The van der Waals surface area contributed by atoms with Gasteiger partial charge in [0.1, 0.15) is 0 Å². The highest BCUT2D eigenvalue weighted by Gasteiger charge is 2.32. The number of carbonyl (C=O) groups is 1. The molecule has 110 valence electrons. The predicted molar refractivity (Wildman–Crippen MR) is 84.0 cm³/mol. The number of aromatic nitrogens is 2. The Morgan fingerprint density at radius 2 is 2.33 bits per heavy atom. The van der Waals surface area contributed by atoms with E-state index >= 15 is 0 Å². The van der Waals surface area contributed by atoms with E-state index in [2.05, 4.69) is 28.0 Å². The van der Waals surface area contributed by atoms with E-state index in [0.29, 0.717) is 18.2 Å². The van der Waals surface area contributed by atoms with Gasteiger partial charge in [-0.05, 0) is 43.9 Å². The van der Waals surface area contributed by atoms with Gasteiger partial charge >= 0.3 is 5.97 Å². The summed E-state index contributed by atoms with van der Waals surface area (Å²) >= 11 is 3.48. The fourth-order valence-corrected chi connectivity index (χ4v) is 3.28. The smallest absolute Gasteiger partial charge is 0.359 e. The van der Waals surface area contributed by atoms with Crippen LogP contribution in [0.25, 0.3) is 5.69 Å². The van der Waals surface area contributed by atoms with Gasteiger partial charge in [0.25, 0.3) is 0 Å². The van der Waals surface area contributed by atoms with Crippen molar-refractivity contribution in [3.63, 3.8) is 0 Å². The summed E-state index contributed by atoms with van der Waals surface area (Å²) in [4.78, 5) is 12.2. The summed E-state index contributed by atoms with van der Waals surface area (Å²) in [6.07, 6.45) is 1.99. The second-order valence-corrected chi connectivity index (χ2v) is 6.18. The molecule has 0 bridgehead atoms. The summed E-state index contributed by atoms with van der Waals surface area (Å²) in [5.74, 6) is 0.0246. The van der Waals surface area contributed by atoms with Crippen molar-refractivity contribution in [2.24, 2.45) is 0 Å². The van der Waals surface area contributed by atoms with E-state index in [9.17, 15) is 4.79 Å². The Hall–Kier alpha value is -1.62. The molecule has 4 nitrogen and oxygen atoms in total. The molecule has 0 aliphatic heterocycles. The zero-order valence-electron chi connectivity index (χ0n) is 12.1. The second-order valence-electron chi connectivity index (χ2n) is 5.26. The van der Waals surface area contributed by atoms with Gasteiger partial charge in [0.05, 0.1) is 12.3 Å². The van der Waals surface area contributed by atoms with Crippen LogP contribution in [0.2, 0.25) is 0 Å². The maximum atomic E-state index is 12.2. The number of hydrogen-bond donors (Lipinski definition) is 0. The third-order valence-electron chi connectivity index (χ3n) is 3.85. The Balaban J connectivity index is 2.13. The van der Waals surface area contributed by atoms with Crippen LogP contribution >= 0.6 is 15.9 Å². The predicted octanol–water partition coefficient (Wildman–Crippen LogP) is 3.86. The number of carbonyl (C=O) groups excluding carboxylic acids is 1. The third-order valence-corrected chi connectivity index (χ3v) is 4.34. The van der Waals surface area contributed by atoms with Crippen LogP contribution < -0.4 is 0 Å². The maximum absolute atomic E-state index is 12.2. The number of ether oxygens (including phenoxy) is 1. The summed E-state index contributed by atoms with van der Waals surface area (Å²) in [6.45, 7) is 4.32. The third kappa shape index (κ3) is 2.50. The minimum Gasteiger partial charge on any atom is -0.461 e. The second kappa shape index (κ2) is 5.64. The van der Waals surface area contributed by atoms with Crippen molar-refractivity contribution < 1.29 is 9.53 Å². The Bertz CT molecular complexity index is 694. The van der Waals surface area contributed by atoms with Crippen molar-refractivity contribution in [3.05, 3.63) is 45.7 Å². The highest BCUT2D eigenvalue weighted by atomic mass is 79.9. The molecule has 0 saturated heterocycles. The number of hydrogen-bond acceptors (Lipinski definition) is 3. The quantitative estimate of drug-likeness (QED) is 0.791. The molecule has 1 atom stereocenters. The van der Waals surface area contributed by atoms with Crippen molar-refractivity contribution in [1.82, 2.24) is 9.78 Å². The highest BCUT2D eigenvalue weighted by molar-refractivity contribution is 9.10. The molecule has 0 spiro atoms. The van der Waals surface area contributed by atoms with E-state index in [1.807, 2.05) is 35.9 Å². The van der Waals surface area contributed by atoms with E-state index in [1.54, 1.807) is 0 Å². The molecule has 1 aromatic heterocycles. The van der Waals surface area contributed by atoms with Crippen LogP contribution in [0.4, 0.5) is 0 Å². The van der Waals surface area contributed by atoms with E-state index in [0.717, 1.165) is 34.3 Å². The van der Waals surface area contributed by atoms with Crippen molar-refractivity contribution >= 4 is 21.9 Å². The number of nitrogens with zero attached hydrogens (tertiary/aromatic N) is 2. The van der Waals surface area contributed by atoms with E-state index in [1.165, 1.54) is 0 Å². The number of halogens is 1. The molecule has 0 saturated carbocycles. The molecule has 1 aliphatic carbocycles. The lowest BCUT2D eigenvalue weighted by molar-refractivity contribution is 0.0517. The minimum absolute atomic E-state index is 0.323. The van der Waals surface area contributed by atoms with Crippen LogP contribution in [0, 0.1) is 0 Å². The molecule has 1 unspecified atom stereocenters. The Labute approximate surface area is 132 Å². The molecule has 0 amide bonds. The molecule has 0 fully saturated rings. The van der Waals surface area contributed by atoms with Gasteiger partial charge in [-0.15, -0.1) is 0 Å². The summed E-state index contributed by atoms with van der Waals surface area (Å²) in [5, 5.41) is 4.53. The lowest BCUT2D eigenvalue weighted by Crippen LogP contribution is -2.09. The molecule has 5 heteroatoms. The first-order chi connectivity index (χ1) is 10.1. The number of esters is 1. The summed E-state index contributed by atoms with van der Waals surface area (Å²) < 4.78 is 8.03. The Morgan fingerprint density at radius 1 is 1.52 bits per heavy atom. The summed E-state index contributed by atoms with van der Waals surface area (Å²) in [5.41, 5.74) is 3.61. The molecule has 3 rings (SSSR count). The summed E-state index contributed by atoms with van der Waals surface area (Å²) in [7, 11) is 0. The van der Waals surface area contributed by atoms with Crippen LogP contribution in [0.1, 0.15) is 47.9 Å². The van der Waals surface area contributed by atoms with Gasteiger partial charge in [-0.2, -0.15) is 5.10 Å². The summed E-state index contributed by atoms with van der Waals surface area (Å²) in [6, 6.07) is 7.94. The van der Waals surface area contributed by atoms with Crippen LogP contribution in [-0.2, 0) is 11.2 Å². The monoisotopic (exact) mass is 348 g/mol. The molecule has 1 heterocycles.